The standard InChI is InChI=1S/C18H19ClN2O4/c1-25-16-8-7-13(19)10-15(16)21-18(24)17(23)20-11-14(22)9-12-5-3-2-4-6-12/h2-8,10,14,22H,9,11H2,1H3,(H,20,23)(H,21,24). The third kappa shape index (κ3) is 5.77. The minimum absolute atomic E-state index is 0.0339. The van der Waals surface area contributed by atoms with Gasteiger partial charge in [0.1, 0.15) is 5.75 Å². The molecule has 0 aromatic heterocycles. The summed E-state index contributed by atoms with van der Waals surface area (Å²) in [6, 6.07) is 14.0. The summed E-state index contributed by atoms with van der Waals surface area (Å²) >= 11 is 5.88. The quantitative estimate of drug-likeness (QED) is 0.686. The van der Waals surface area contributed by atoms with Crippen LogP contribution in [-0.2, 0) is 16.0 Å². The zero-order valence-corrected chi connectivity index (χ0v) is 14.4. The summed E-state index contributed by atoms with van der Waals surface area (Å²) in [7, 11) is 1.44. The highest BCUT2D eigenvalue weighted by molar-refractivity contribution is 6.40. The van der Waals surface area contributed by atoms with Crippen LogP contribution in [0.3, 0.4) is 0 Å². The van der Waals surface area contributed by atoms with E-state index in [2.05, 4.69) is 10.6 Å². The van der Waals surface area contributed by atoms with E-state index in [1.807, 2.05) is 30.3 Å². The molecule has 2 rings (SSSR count). The number of halogens is 1. The number of hydrogen-bond acceptors (Lipinski definition) is 4. The normalized spacial score (nSPS) is 11.5. The molecule has 1 atom stereocenters. The van der Waals surface area contributed by atoms with E-state index < -0.39 is 17.9 Å². The summed E-state index contributed by atoms with van der Waals surface area (Å²) in [6.45, 7) is -0.0339. The Kier molecular flexibility index (Phi) is 6.80. The van der Waals surface area contributed by atoms with Gasteiger partial charge in [0.2, 0.25) is 0 Å². The van der Waals surface area contributed by atoms with Crippen LogP contribution in [0.15, 0.2) is 48.5 Å². The molecule has 25 heavy (non-hydrogen) atoms. The Morgan fingerprint density at radius 2 is 1.88 bits per heavy atom. The number of ether oxygens (including phenoxy) is 1. The molecule has 7 heteroatoms. The van der Waals surface area contributed by atoms with Gasteiger partial charge in [-0.15, -0.1) is 0 Å². The Morgan fingerprint density at radius 3 is 2.56 bits per heavy atom. The second-order valence-electron chi connectivity index (χ2n) is 5.35. The van der Waals surface area contributed by atoms with Gasteiger partial charge in [0.25, 0.3) is 0 Å². The molecular formula is C18H19ClN2O4. The maximum atomic E-state index is 12.0. The molecule has 6 nitrogen and oxygen atoms in total. The predicted molar refractivity (Wildman–Crippen MR) is 95.8 cm³/mol. The van der Waals surface area contributed by atoms with Crippen molar-refractivity contribution < 1.29 is 19.4 Å². The third-order valence-electron chi connectivity index (χ3n) is 3.43. The van der Waals surface area contributed by atoms with Crippen LogP contribution >= 0.6 is 11.6 Å². The van der Waals surface area contributed by atoms with E-state index in [0.717, 1.165) is 5.56 Å². The number of amides is 2. The Hall–Kier alpha value is -2.57. The van der Waals surface area contributed by atoms with Crippen molar-refractivity contribution >= 4 is 29.1 Å². The summed E-state index contributed by atoms with van der Waals surface area (Å²) in [5, 5.41) is 15.2. The molecule has 0 radical (unpaired) electrons. The van der Waals surface area contributed by atoms with E-state index in [9.17, 15) is 14.7 Å². The molecule has 0 aliphatic rings. The van der Waals surface area contributed by atoms with Crippen LogP contribution in [0.4, 0.5) is 5.69 Å². The van der Waals surface area contributed by atoms with E-state index in [0.29, 0.717) is 22.9 Å². The van der Waals surface area contributed by atoms with Crippen molar-refractivity contribution in [2.75, 3.05) is 19.0 Å². The number of carbonyl (C=O) groups excluding carboxylic acids is 2. The lowest BCUT2D eigenvalue weighted by molar-refractivity contribution is -0.136. The molecular weight excluding hydrogens is 344 g/mol. The number of carbonyl (C=O) groups is 2. The number of methoxy groups -OCH3 is 1. The number of aliphatic hydroxyl groups is 1. The number of nitrogens with one attached hydrogen (secondary N) is 2. The highest BCUT2D eigenvalue weighted by Crippen LogP contribution is 2.27. The first-order chi connectivity index (χ1) is 12.0. The third-order valence-corrected chi connectivity index (χ3v) is 3.66. The Morgan fingerprint density at radius 1 is 1.16 bits per heavy atom. The molecule has 2 aromatic rings. The first-order valence-corrected chi connectivity index (χ1v) is 8.02. The summed E-state index contributed by atoms with van der Waals surface area (Å²) in [6.07, 6.45) is -0.412. The lowest BCUT2D eigenvalue weighted by atomic mass is 10.1. The zero-order chi connectivity index (χ0) is 18.2. The molecule has 0 aliphatic carbocycles. The van der Waals surface area contributed by atoms with Crippen LogP contribution in [0.25, 0.3) is 0 Å². The largest absolute Gasteiger partial charge is 0.495 e. The van der Waals surface area contributed by atoms with Crippen molar-refractivity contribution in [3.05, 3.63) is 59.1 Å². The monoisotopic (exact) mass is 362 g/mol. The van der Waals surface area contributed by atoms with Crippen LogP contribution in [0, 0.1) is 0 Å². The van der Waals surface area contributed by atoms with E-state index in [4.69, 9.17) is 16.3 Å². The number of anilines is 1. The van der Waals surface area contributed by atoms with Crippen LogP contribution in [-0.4, -0.2) is 36.7 Å². The molecule has 0 spiro atoms. The van der Waals surface area contributed by atoms with Crippen molar-refractivity contribution in [3.63, 3.8) is 0 Å². The Labute approximate surface area is 150 Å². The molecule has 2 amide bonds. The molecule has 0 saturated heterocycles. The predicted octanol–water partition coefficient (Wildman–Crippen LogP) is 2.01. The van der Waals surface area contributed by atoms with Crippen LogP contribution in [0.1, 0.15) is 5.56 Å². The first-order valence-electron chi connectivity index (χ1n) is 7.64. The minimum atomic E-state index is -0.868. The highest BCUT2D eigenvalue weighted by atomic mass is 35.5. The number of hydrogen-bond donors (Lipinski definition) is 3. The first kappa shape index (κ1) is 18.8. The molecule has 0 aliphatic heterocycles. The Bertz CT molecular complexity index is 737. The smallest absolute Gasteiger partial charge is 0.313 e. The topological polar surface area (TPSA) is 87.7 Å². The van der Waals surface area contributed by atoms with E-state index in [1.165, 1.54) is 13.2 Å². The van der Waals surface area contributed by atoms with Gasteiger partial charge in [-0.1, -0.05) is 41.9 Å². The zero-order valence-electron chi connectivity index (χ0n) is 13.7. The fourth-order valence-corrected chi connectivity index (χ4v) is 2.38. The number of aliphatic hydroxyl groups excluding tert-OH is 1. The lowest BCUT2D eigenvalue weighted by Gasteiger charge is -2.13. The van der Waals surface area contributed by atoms with Gasteiger partial charge in [0.05, 0.1) is 18.9 Å². The summed E-state index contributed by atoms with van der Waals surface area (Å²) in [5.41, 5.74) is 1.23. The summed E-state index contributed by atoms with van der Waals surface area (Å²) in [4.78, 5) is 23.8. The van der Waals surface area contributed by atoms with Crippen molar-refractivity contribution in [3.8, 4) is 5.75 Å². The second kappa shape index (κ2) is 9.05. The van der Waals surface area contributed by atoms with Gasteiger partial charge in [-0.3, -0.25) is 9.59 Å². The van der Waals surface area contributed by atoms with E-state index in [-0.39, 0.29) is 6.54 Å². The van der Waals surface area contributed by atoms with E-state index in [1.54, 1.807) is 12.1 Å². The van der Waals surface area contributed by atoms with Gasteiger partial charge >= 0.3 is 11.8 Å². The Balaban J connectivity index is 1.86. The van der Waals surface area contributed by atoms with Crippen LogP contribution in [0.2, 0.25) is 5.02 Å². The van der Waals surface area contributed by atoms with Gasteiger partial charge in [0.15, 0.2) is 0 Å². The number of benzene rings is 2. The van der Waals surface area contributed by atoms with Crippen LogP contribution < -0.4 is 15.4 Å². The molecule has 132 valence electrons. The van der Waals surface area contributed by atoms with Crippen molar-refractivity contribution in [1.82, 2.24) is 5.32 Å². The summed E-state index contributed by atoms with van der Waals surface area (Å²) < 4.78 is 5.10. The van der Waals surface area contributed by atoms with Gasteiger partial charge in [0, 0.05) is 18.0 Å². The fourth-order valence-electron chi connectivity index (χ4n) is 2.21. The average Bonchev–Trinajstić information content (AvgIpc) is 2.60. The second-order valence-corrected chi connectivity index (χ2v) is 5.79. The van der Waals surface area contributed by atoms with Crippen molar-refractivity contribution in [2.24, 2.45) is 0 Å². The van der Waals surface area contributed by atoms with Gasteiger partial charge in [-0.05, 0) is 23.8 Å². The van der Waals surface area contributed by atoms with Gasteiger partial charge in [-0.2, -0.15) is 0 Å². The summed E-state index contributed by atoms with van der Waals surface area (Å²) in [5.74, 6) is -1.34. The molecule has 0 fully saturated rings. The molecule has 3 N–H and O–H groups in total. The lowest BCUT2D eigenvalue weighted by Crippen LogP contribution is -2.40. The molecule has 1 unspecified atom stereocenters. The maximum Gasteiger partial charge on any atom is 0.313 e. The molecule has 0 bridgehead atoms. The van der Waals surface area contributed by atoms with E-state index >= 15 is 0 Å². The molecule has 2 aromatic carbocycles. The maximum absolute atomic E-state index is 12.0. The van der Waals surface area contributed by atoms with Gasteiger partial charge < -0.3 is 20.5 Å². The fraction of sp³-hybridized carbons (Fsp3) is 0.222. The van der Waals surface area contributed by atoms with Crippen molar-refractivity contribution in [1.29, 1.82) is 0 Å². The SMILES string of the molecule is COc1ccc(Cl)cc1NC(=O)C(=O)NCC(O)Cc1ccccc1. The molecule has 0 heterocycles. The van der Waals surface area contributed by atoms with Gasteiger partial charge in [-0.25, -0.2) is 0 Å². The van der Waals surface area contributed by atoms with Crippen LogP contribution in [0.5, 0.6) is 5.75 Å². The average molecular weight is 363 g/mol. The highest BCUT2D eigenvalue weighted by Gasteiger charge is 2.17. The van der Waals surface area contributed by atoms with Crippen molar-refractivity contribution in [2.45, 2.75) is 12.5 Å². The number of rotatable bonds is 6. The molecule has 0 saturated carbocycles. The minimum Gasteiger partial charge on any atom is -0.495 e.